The molecule has 1 rings (SSSR count). The van der Waals surface area contributed by atoms with Gasteiger partial charge in [-0.15, -0.1) is 0 Å². The van der Waals surface area contributed by atoms with E-state index in [1.165, 1.54) is 12.8 Å². The highest BCUT2D eigenvalue weighted by Crippen LogP contribution is 2.33. The lowest BCUT2D eigenvalue weighted by Gasteiger charge is -2.14. The third-order valence-electron chi connectivity index (χ3n) is 1.99. The number of carbonyl (C=O) groups is 1. The van der Waals surface area contributed by atoms with Crippen LogP contribution in [0.2, 0.25) is 0 Å². The Labute approximate surface area is 73.5 Å². The predicted molar refractivity (Wildman–Crippen MR) is 46.9 cm³/mol. The average molecular weight is 171 g/mol. The monoisotopic (exact) mass is 171 g/mol. The number of rotatable bonds is 3. The van der Waals surface area contributed by atoms with Crippen LogP contribution in [0, 0.1) is 5.92 Å². The van der Waals surface area contributed by atoms with Gasteiger partial charge in [0.05, 0.1) is 0 Å². The first-order chi connectivity index (χ1) is 5.59. The lowest BCUT2D eigenvalue weighted by molar-refractivity contribution is 0.0935. The molecule has 3 heteroatoms. The number of hydrogen-bond donors (Lipinski definition) is 1. The molecule has 1 fully saturated rings. The summed E-state index contributed by atoms with van der Waals surface area (Å²) in [5.41, 5.74) is 0. The van der Waals surface area contributed by atoms with Crippen molar-refractivity contribution in [1.29, 1.82) is 0 Å². The largest absolute Gasteiger partial charge is 0.446 e. The number of nitrogens with one attached hydrogen (secondary N) is 1. The summed E-state index contributed by atoms with van der Waals surface area (Å²) in [6.45, 7) is 5.80. The van der Waals surface area contributed by atoms with Gasteiger partial charge in [-0.25, -0.2) is 4.79 Å². The maximum atomic E-state index is 11.1. The Balaban J connectivity index is 2.15. The molecule has 1 atom stereocenters. The summed E-state index contributed by atoms with van der Waals surface area (Å²) >= 11 is 0. The van der Waals surface area contributed by atoms with Gasteiger partial charge in [0.15, 0.2) is 0 Å². The fourth-order valence-corrected chi connectivity index (χ4v) is 1.10. The van der Waals surface area contributed by atoms with Gasteiger partial charge >= 0.3 is 6.09 Å². The first-order valence-electron chi connectivity index (χ1n) is 4.56. The van der Waals surface area contributed by atoms with Gasteiger partial charge in [-0.05, 0) is 39.5 Å². The number of hydrogen-bond acceptors (Lipinski definition) is 2. The summed E-state index contributed by atoms with van der Waals surface area (Å²) in [6, 6.07) is 0.156. The molecule has 1 amide bonds. The molecular weight excluding hydrogens is 154 g/mol. The van der Waals surface area contributed by atoms with Crippen LogP contribution in [0.25, 0.3) is 0 Å². The van der Waals surface area contributed by atoms with E-state index in [1.807, 2.05) is 20.8 Å². The van der Waals surface area contributed by atoms with Crippen molar-refractivity contribution >= 4 is 6.09 Å². The molecule has 3 nitrogen and oxygen atoms in total. The molecule has 0 bridgehead atoms. The van der Waals surface area contributed by atoms with Gasteiger partial charge < -0.3 is 10.1 Å². The summed E-state index contributed by atoms with van der Waals surface area (Å²) in [7, 11) is 0. The minimum Gasteiger partial charge on any atom is -0.446 e. The van der Waals surface area contributed by atoms with Crippen LogP contribution in [0.4, 0.5) is 4.79 Å². The second kappa shape index (κ2) is 3.78. The van der Waals surface area contributed by atoms with Crippen molar-refractivity contribution in [3.05, 3.63) is 0 Å². The zero-order chi connectivity index (χ0) is 9.14. The fraction of sp³-hybridized carbons (Fsp3) is 0.889. The molecule has 0 aromatic heterocycles. The van der Waals surface area contributed by atoms with Crippen LogP contribution < -0.4 is 5.32 Å². The van der Waals surface area contributed by atoms with E-state index in [0.29, 0.717) is 5.92 Å². The van der Waals surface area contributed by atoms with Gasteiger partial charge in [0.2, 0.25) is 0 Å². The molecule has 0 heterocycles. The molecule has 0 radical (unpaired) electrons. The highest BCUT2D eigenvalue weighted by molar-refractivity contribution is 5.67. The van der Waals surface area contributed by atoms with E-state index < -0.39 is 0 Å². The summed E-state index contributed by atoms with van der Waals surface area (Å²) in [6.07, 6.45) is 2.21. The normalized spacial score (nSPS) is 19.0. The topological polar surface area (TPSA) is 38.3 Å². The van der Waals surface area contributed by atoms with E-state index in [0.717, 1.165) is 0 Å². The number of ether oxygens (including phenoxy) is 1. The Morgan fingerprint density at radius 1 is 1.42 bits per heavy atom. The molecule has 1 aliphatic rings. The fourth-order valence-electron chi connectivity index (χ4n) is 1.10. The molecule has 1 N–H and O–H groups in total. The Hall–Kier alpha value is -0.730. The van der Waals surface area contributed by atoms with Gasteiger partial charge in [0, 0.05) is 6.04 Å². The lowest BCUT2D eigenvalue weighted by atomic mass is 10.3. The van der Waals surface area contributed by atoms with Gasteiger partial charge in [0.1, 0.15) is 6.10 Å². The summed E-state index contributed by atoms with van der Waals surface area (Å²) in [5.74, 6) is 0.614. The van der Waals surface area contributed by atoms with Gasteiger partial charge in [-0.3, -0.25) is 0 Å². The second-order valence-electron chi connectivity index (χ2n) is 3.75. The van der Waals surface area contributed by atoms with E-state index >= 15 is 0 Å². The van der Waals surface area contributed by atoms with Crippen molar-refractivity contribution in [3.8, 4) is 0 Å². The van der Waals surface area contributed by atoms with Crippen LogP contribution in [0.15, 0.2) is 0 Å². The van der Waals surface area contributed by atoms with Crippen LogP contribution in [0.1, 0.15) is 33.6 Å². The SMILES string of the molecule is CC(C)NC(=O)O[C@@H](C)C1CC1. The van der Waals surface area contributed by atoms with E-state index in [-0.39, 0.29) is 18.2 Å². The van der Waals surface area contributed by atoms with Gasteiger partial charge in [-0.2, -0.15) is 0 Å². The van der Waals surface area contributed by atoms with E-state index in [2.05, 4.69) is 5.32 Å². The van der Waals surface area contributed by atoms with E-state index in [4.69, 9.17) is 4.74 Å². The minimum absolute atomic E-state index is 0.0868. The smallest absolute Gasteiger partial charge is 0.407 e. The summed E-state index contributed by atoms with van der Waals surface area (Å²) < 4.78 is 5.14. The molecular formula is C9H17NO2. The molecule has 0 saturated heterocycles. The lowest BCUT2D eigenvalue weighted by Crippen LogP contribution is -2.33. The molecule has 0 unspecified atom stereocenters. The zero-order valence-corrected chi connectivity index (χ0v) is 7.96. The third kappa shape index (κ3) is 3.11. The van der Waals surface area contributed by atoms with Crippen LogP contribution in [-0.4, -0.2) is 18.2 Å². The molecule has 1 aliphatic carbocycles. The maximum absolute atomic E-state index is 11.1. The van der Waals surface area contributed by atoms with Crippen LogP contribution in [-0.2, 0) is 4.74 Å². The first-order valence-corrected chi connectivity index (χ1v) is 4.56. The van der Waals surface area contributed by atoms with Crippen molar-refractivity contribution in [2.24, 2.45) is 5.92 Å². The van der Waals surface area contributed by atoms with Gasteiger partial charge in [-0.1, -0.05) is 0 Å². The quantitative estimate of drug-likeness (QED) is 0.704. The zero-order valence-electron chi connectivity index (χ0n) is 7.96. The van der Waals surface area contributed by atoms with Crippen LogP contribution >= 0.6 is 0 Å². The molecule has 0 aliphatic heterocycles. The van der Waals surface area contributed by atoms with Crippen molar-refractivity contribution in [1.82, 2.24) is 5.32 Å². The Morgan fingerprint density at radius 3 is 2.42 bits per heavy atom. The Morgan fingerprint density at radius 2 is 2.00 bits per heavy atom. The van der Waals surface area contributed by atoms with Crippen LogP contribution in [0.5, 0.6) is 0 Å². The van der Waals surface area contributed by atoms with E-state index in [1.54, 1.807) is 0 Å². The highest BCUT2D eigenvalue weighted by atomic mass is 16.6. The number of amides is 1. The van der Waals surface area contributed by atoms with Crippen molar-refractivity contribution in [3.63, 3.8) is 0 Å². The number of carbonyl (C=O) groups excluding carboxylic acids is 1. The van der Waals surface area contributed by atoms with Crippen molar-refractivity contribution in [2.75, 3.05) is 0 Å². The molecule has 0 aromatic rings. The summed E-state index contributed by atoms with van der Waals surface area (Å²) in [5, 5.41) is 2.70. The first kappa shape index (κ1) is 9.36. The van der Waals surface area contributed by atoms with Crippen LogP contribution in [0.3, 0.4) is 0 Å². The average Bonchev–Trinajstić information content (AvgIpc) is 2.63. The van der Waals surface area contributed by atoms with E-state index in [9.17, 15) is 4.79 Å². The molecule has 0 aromatic carbocycles. The maximum Gasteiger partial charge on any atom is 0.407 e. The number of alkyl carbamates (subject to hydrolysis) is 1. The molecule has 0 spiro atoms. The standard InChI is InChI=1S/C9H17NO2/c1-6(2)10-9(11)12-7(3)8-4-5-8/h6-8H,4-5H2,1-3H3,(H,10,11)/t7-/m0/s1. The molecule has 70 valence electrons. The second-order valence-corrected chi connectivity index (χ2v) is 3.75. The molecule has 12 heavy (non-hydrogen) atoms. The van der Waals surface area contributed by atoms with Crippen molar-refractivity contribution in [2.45, 2.75) is 45.8 Å². The Bertz CT molecular complexity index is 164. The van der Waals surface area contributed by atoms with Crippen molar-refractivity contribution < 1.29 is 9.53 Å². The minimum atomic E-state index is -0.288. The molecule has 1 saturated carbocycles. The Kier molecular flexibility index (Phi) is 2.95. The van der Waals surface area contributed by atoms with Gasteiger partial charge in [0.25, 0.3) is 0 Å². The predicted octanol–water partition coefficient (Wildman–Crippen LogP) is 1.92. The summed E-state index contributed by atoms with van der Waals surface area (Å²) in [4.78, 5) is 11.1. The highest BCUT2D eigenvalue weighted by Gasteiger charge is 2.30. The third-order valence-corrected chi connectivity index (χ3v) is 1.99.